The Balaban J connectivity index is 3.10. The van der Waals surface area contributed by atoms with Crippen LogP contribution in [0.3, 0.4) is 0 Å². The van der Waals surface area contributed by atoms with Crippen molar-refractivity contribution in [2.45, 2.75) is 38.5 Å². The number of unbranched alkanes of at least 4 members (excludes halogenated alkanes) is 1. The summed E-state index contributed by atoms with van der Waals surface area (Å²) in [5.74, 6) is -2.57. The maximum atomic E-state index is 13.0. The summed E-state index contributed by atoms with van der Waals surface area (Å²) in [5.41, 5.74) is -3.36. The summed E-state index contributed by atoms with van der Waals surface area (Å²) in [4.78, 5) is 34.7. The number of hydrogen-bond acceptors (Lipinski definition) is 3. The van der Waals surface area contributed by atoms with Crippen LogP contribution in [0.5, 0.6) is 0 Å². The Morgan fingerprint density at radius 2 is 2.00 bits per heavy atom. The van der Waals surface area contributed by atoms with Crippen LogP contribution in [0.25, 0.3) is 0 Å². The van der Waals surface area contributed by atoms with Crippen LogP contribution in [-0.4, -0.2) is 41.1 Å². The highest BCUT2D eigenvalue weighted by atomic mass is 19.4. The zero-order valence-electron chi connectivity index (χ0n) is 10.4. The number of rotatable bonds is 4. The van der Waals surface area contributed by atoms with Gasteiger partial charge in [0.1, 0.15) is 0 Å². The van der Waals surface area contributed by atoms with E-state index in [0.717, 1.165) is 6.92 Å². The molecule has 0 aliphatic carbocycles. The molecule has 108 valence electrons. The lowest BCUT2D eigenvalue weighted by Gasteiger charge is -2.29. The zero-order chi connectivity index (χ0) is 14.8. The van der Waals surface area contributed by atoms with Crippen LogP contribution in [0, 0.1) is 0 Å². The lowest BCUT2D eigenvalue weighted by molar-refractivity contribution is -0.203. The third-order valence-corrected chi connectivity index (χ3v) is 2.63. The third kappa shape index (κ3) is 2.64. The van der Waals surface area contributed by atoms with Gasteiger partial charge in [0, 0.05) is 13.5 Å². The number of carbonyl (C=O) groups excluding carboxylic acids is 3. The van der Waals surface area contributed by atoms with Gasteiger partial charge in [-0.25, -0.2) is 4.79 Å². The first-order valence-electron chi connectivity index (χ1n) is 5.65. The second kappa shape index (κ2) is 5.06. The molecule has 1 aliphatic rings. The molecule has 0 bridgehead atoms. The molecule has 0 aromatic heterocycles. The minimum atomic E-state index is -5.12. The number of nitrogens with zero attached hydrogens (tertiary/aromatic N) is 1. The molecule has 1 rings (SSSR count). The first-order valence-corrected chi connectivity index (χ1v) is 5.65. The molecule has 1 heterocycles. The lowest BCUT2D eigenvalue weighted by atomic mass is 10.1. The maximum Gasteiger partial charge on any atom is 0.440 e. The standard InChI is InChI=1S/C10H14F3N3O3/c1-3-4-5-16-7(18)9(10(11,12)13,14-6(2)17)15-8(16)19/h3-5H2,1-2H3,(H,14,17)(H,15,19)/t9-/m0/s1. The second-order valence-electron chi connectivity index (χ2n) is 4.17. The molecule has 0 radical (unpaired) electrons. The van der Waals surface area contributed by atoms with Crippen molar-refractivity contribution in [3.05, 3.63) is 0 Å². The molecule has 1 atom stereocenters. The number of nitrogens with one attached hydrogen (secondary N) is 2. The molecule has 6 nitrogen and oxygen atoms in total. The number of halogens is 3. The highest BCUT2D eigenvalue weighted by Gasteiger charge is 2.68. The van der Waals surface area contributed by atoms with Crippen LogP contribution >= 0.6 is 0 Å². The van der Waals surface area contributed by atoms with Gasteiger partial charge in [-0.05, 0) is 6.42 Å². The Morgan fingerprint density at radius 3 is 2.42 bits per heavy atom. The third-order valence-electron chi connectivity index (χ3n) is 2.63. The Hall–Kier alpha value is -1.80. The van der Waals surface area contributed by atoms with Crippen LogP contribution in [0.4, 0.5) is 18.0 Å². The van der Waals surface area contributed by atoms with Crippen molar-refractivity contribution in [2.24, 2.45) is 0 Å². The number of amides is 4. The van der Waals surface area contributed by atoms with Gasteiger partial charge in [-0.2, -0.15) is 13.2 Å². The van der Waals surface area contributed by atoms with Crippen molar-refractivity contribution in [1.29, 1.82) is 0 Å². The molecular weight excluding hydrogens is 267 g/mol. The molecule has 0 aromatic rings. The molecule has 0 spiro atoms. The first kappa shape index (κ1) is 15.3. The molecule has 0 saturated carbocycles. The molecule has 2 N–H and O–H groups in total. The van der Waals surface area contributed by atoms with E-state index in [4.69, 9.17) is 0 Å². The van der Waals surface area contributed by atoms with E-state index in [1.165, 1.54) is 10.6 Å². The fraction of sp³-hybridized carbons (Fsp3) is 0.700. The van der Waals surface area contributed by atoms with Crippen LogP contribution in [0.2, 0.25) is 0 Å². The molecular formula is C10H14F3N3O3. The predicted octanol–water partition coefficient (Wildman–Crippen LogP) is 0.733. The number of hydrogen-bond donors (Lipinski definition) is 2. The largest absolute Gasteiger partial charge is 0.440 e. The van der Waals surface area contributed by atoms with E-state index in [-0.39, 0.29) is 6.54 Å². The Morgan fingerprint density at radius 1 is 1.42 bits per heavy atom. The van der Waals surface area contributed by atoms with Gasteiger partial charge < -0.3 is 5.32 Å². The lowest BCUT2D eigenvalue weighted by Crippen LogP contribution is -2.69. The maximum absolute atomic E-state index is 13.0. The number of carbonyl (C=O) groups is 3. The van der Waals surface area contributed by atoms with Crippen molar-refractivity contribution in [2.75, 3.05) is 6.54 Å². The van der Waals surface area contributed by atoms with Gasteiger partial charge in [0.25, 0.3) is 11.6 Å². The number of urea groups is 1. The SMILES string of the molecule is CCCCN1C(=O)N[C@](NC(C)=O)(C(F)(F)F)C1=O. The second-order valence-corrected chi connectivity index (χ2v) is 4.17. The highest BCUT2D eigenvalue weighted by molar-refractivity contribution is 6.08. The first-order chi connectivity index (χ1) is 8.65. The Kier molecular flexibility index (Phi) is 4.06. The predicted molar refractivity (Wildman–Crippen MR) is 57.8 cm³/mol. The Bertz CT molecular complexity index is 411. The summed E-state index contributed by atoms with van der Waals surface area (Å²) in [5, 5.41) is 3.02. The summed E-state index contributed by atoms with van der Waals surface area (Å²) < 4.78 is 39.1. The average Bonchev–Trinajstić information content (AvgIpc) is 2.48. The van der Waals surface area contributed by atoms with Crippen LogP contribution < -0.4 is 10.6 Å². The van der Waals surface area contributed by atoms with E-state index in [1.54, 1.807) is 6.92 Å². The number of imide groups is 1. The van der Waals surface area contributed by atoms with Crippen LogP contribution in [0.1, 0.15) is 26.7 Å². The van der Waals surface area contributed by atoms with Gasteiger partial charge in [0.15, 0.2) is 0 Å². The normalized spacial score (nSPS) is 23.5. The molecule has 4 amide bonds. The van der Waals surface area contributed by atoms with Crippen molar-refractivity contribution >= 4 is 17.8 Å². The van der Waals surface area contributed by atoms with Gasteiger partial charge in [-0.15, -0.1) is 0 Å². The molecule has 0 aromatic carbocycles. The summed E-state index contributed by atoms with van der Waals surface area (Å²) in [7, 11) is 0. The fourth-order valence-corrected chi connectivity index (χ4v) is 1.71. The van der Waals surface area contributed by atoms with Gasteiger partial charge >= 0.3 is 12.2 Å². The summed E-state index contributed by atoms with van der Waals surface area (Å²) in [6, 6.07) is -1.16. The molecule has 1 saturated heterocycles. The van der Waals surface area contributed by atoms with E-state index in [1.807, 2.05) is 0 Å². The van der Waals surface area contributed by atoms with Gasteiger partial charge in [0.05, 0.1) is 0 Å². The van der Waals surface area contributed by atoms with E-state index >= 15 is 0 Å². The van der Waals surface area contributed by atoms with E-state index in [9.17, 15) is 27.6 Å². The van der Waals surface area contributed by atoms with Crippen molar-refractivity contribution in [3.8, 4) is 0 Å². The van der Waals surface area contributed by atoms with E-state index in [0.29, 0.717) is 17.7 Å². The fourth-order valence-electron chi connectivity index (χ4n) is 1.71. The Labute approximate surface area is 107 Å². The summed E-state index contributed by atoms with van der Waals surface area (Å²) >= 11 is 0. The molecule has 0 unspecified atom stereocenters. The minimum Gasteiger partial charge on any atom is -0.318 e. The summed E-state index contributed by atoms with van der Waals surface area (Å²) in [6.45, 7) is 2.48. The van der Waals surface area contributed by atoms with Crippen LogP contribution in [-0.2, 0) is 9.59 Å². The van der Waals surface area contributed by atoms with Gasteiger partial charge in [-0.1, -0.05) is 13.3 Å². The van der Waals surface area contributed by atoms with Crippen molar-refractivity contribution in [3.63, 3.8) is 0 Å². The topological polar surface area (TPSA) is 78.5 Å². The number of alkyl halides is 3. The molecule has 1 aliphatic heterocycles. The zero-order valence-corrected chi connectivity index (χ0v) is 10.4. The quantitative estimate of drug-likeness (QED) is 0.746. The van der Waals surface area contributed by atoms with Crippen LogP contribution in [0.15, 0.2) is 0 Å². The molecule has 19 heavy (non-hydrogen) atoms. The highest BCUT2D eigenvalue weighted by Crippen LogP contribution is 2.33. The minimum absolute atomic E-state index is 0.126. The van der Waals surface area contributed by atoms with Gasteiger partial charge in [0.2, 0.25) is 5.91 Å². The molecule has 1 fully saturated rings. The monoisotopic (exact) mass is 281 g/mol. The van der Waals surface area contributed by atoms with Crippen molar-refractivity contribution in [1.82, 2.24) is 15.5 Å². The van der Waals surface area contributed by atoms with E-state index in [2.05, 4.69) is 0 Å². The molecule has 9 heteroatoms. The van der Waals surface area contributed by atoms with Crippen molar-refractivity contribution < 1.29 is 27.6 Å². The smallest absolute Gasteiger partial charge is 0.318 e. The average molecular weight is 281 g/mol. The summed E-state index contributed by atoms with van der Waals surface area (Å²) in [6.07, 6.45) is -4.13. The van der Waals surface area contributed by atoms with E-state index < -0.39 is 29.7 Å². The van der Waals surface area contributed by atoms with Gasteiger partial charge in [-0.3, -0.25) is 19.8 Å².